The molecule has 1 unspecified atom stereocenters. The minimum atomic E-state index is 0.249. The highest BCUT2D eigenvalue weighted by Gasteiger charge is 2.26. The van der Waals surface area contributed by atoms with Gasteiger partial charge in [-0.1, -0.05) is 18.2 Å². The number of benzene rings is 1. The minimum absolute atomic E-state index is 0.249. The maximum absolute atomic E-state index is 5.85. The van der Waals surface area contributed by atoms with Gasteiger partial charge in [0, 0.05) is 25.8 Å². The minimum Gasteiger partial charge on any atom is -0.368 e. The predicted octanol–water partition coefficient (Wildman–Crippen LogP) is 1.99. The Kier molecular flexibility index (Phi) is 3.37. The van der Waals surface area contributed by atoms with E-state index in [2.05, 4.69) is 45.0 Å². The number of nitrogens with zero attached hydrogens (tertiary/aromatic N) is 5. The van der Waals surface area contributed by atoms with Crippen LogP contribution in [-0.2, 0) is 6.42 Å². The van der Waals surface area contributed by atoms with Crippen LogP contribution in [0, 0.1) is 0 Å². The molecule has 0 fully saturated rings. The smallest absolute Gasteiger partial charge is 0.236 e. The van der Waals surface area contributed by atoms with Crippen molar-refractivity contribution in [3.05, 3.63) is 29.8 Å². The normalized spacial score (nSPS) is 17.5. The Balaban J connectivity index is 2.11. The highest BCUT2D eigenvalue weighted by Crippen LogP contribution is 2.35. The molecule has 0 saturated carbocycles. The second kappa shape index (κ2) is 5.20. The molecule has 2 heterocycles. The molecule has 0 amide bonds. The summed E-state index contributed by atoms with van der Waals surface area (Å²) in [5.41, 5.74) is 8.33. The van der Waals surface area contributed by atoms with E-state index in [4.69, 9.17) is 5.73 Å². The molecule has 21 heavy (non-hydrogen) atoms. The van der Waals surface area contributed by atoms with Crippen LogP contribution < -0.4 is 15.5 Å². The predicted molar refractivity (Wildman–Crippen MR) is 84.9 cm³/mol. The molecule has 1 atom stereocenters. The molecule has 0 spiro atoms. The van der Waals surface area contributed by atoms with Gasteiger partial charge in [-0.2, -0.15) is 15.0 Å². The van der Waals surface area contributed by atoms with Crippen LogP contribution in [0.15, 0.2) is 24.3 Å². The molecule has 2 aromatic rings. The van der Waals surface area contributed by atoms with Crippen molar-refractivity contribution in [2.24, 2.45) is 0 Å². The summed E-state index contributed by atoms with van der Waals surface area (Å²) in [5.74, 6) is 1.44. The van der Waals surface area contributed by atoms with Gasteiger partial charge in [0.25, 0.3) is 0 Å². The van der Waals surface area contributed by atoms with E-state index >= 15 is 0 Å². The van der Waals surface area contributed by atoms with Crippen LogP contribution >= 0.6 is 0 Å². The number of para-hydroxylation sites is 1. The van der Waals surface area contributed by atoms with Crippen LogP contribution in [0.2, 0.25) is 0 Å². The number of nitrogens with two attached hydrogens (primary N) is 1. The molecule has 1 aliphatic rings. The quantitative estimate of drug-likeness (QED) is 0.909. The lowest BCUT2D eigenvalue weighted by Gasteiger charge is -2.35. The zero-order valence-corrected chi connectivity index (χ0v) is 12.6. The van der Waals surface area contributed by atoms with Crippen LogP contribution in [0.3, 0.4) is 0 Å². The van der Waals surface area contributed by atoms with E-state index in [0.29, 0.717) is 17.9 Å². The van der Waals surface area contributed by atoms with Crippen molar-refractivity contribution in [1.29, 1.82) is 0 Å². The molecule has 1 aromatic carbocycles. The monoisotopic (exact) mass is 284 g/mol. The van der Waals surface area contributed by atoms with Crippen molar-refractivity contribution < 1.29 is 0 Å². The summed E-state index contributed by atoms with van der Waals surface area (Å²) >= 11 is 0. The van der Waals surface area contributed by atoms with E-state index in [9.17, 15) is 0 Å². The lowest BCUT2D eigenvalue weighted by Crippen LogP contribution is -2.35. The van der Waals surface area contributed by atoms with Gasteiger partial charge in [-0.3, -0.25) is 0 Å². The van der Waals surface area contributed by atoms with Gasteiger partial charge in [-0.05, 0) is 31.4 Å². The maximum Gasteiger partial charge on any atom is 0.236 e. The van der Waals surface area contributed by atoms with Gasteiger partial charge in [-0.15, -0.1) is 0 Å². The summed E-state index contributed by atoms with van der Waals surface area (Å²) in [4.78, 5) is 17.1. The maximum atomic E-state index is 5.85. The number of hydrogen-bond donors (Lipinski definition) is 1. The van der Waals surface area contributed by atoms with Gasteiger partial charge >= 0.3 is 0 Å². The standard InChI is InChI=1S/C15H20N6/c1-10-8-9-11-6-4-5-7-12(11)21(10)15-18-13(16)17-14(19-15)20(2)3/h4-7,10H,8-9H2,1-3H3,(H2,16,17,18,19). The molecule has 1 aliphatic heterocycles. The van der Waals surface area contributed by atoms with E-state index in [-0.39, 0.29) is 5.95 Å². The summed E-state index contributed by atoms with van der Waals surface area (Å²) in [7, 11) is 3.79. The Morgan fingerprint density at radius 1 is 1.19 bits per heavy atom. The Hall–Kier alpha value is -2.37. The fourth-order valence-electron chi connectivity index (χ4n) is 2.67. The van der Waals surface area contributed by atoms with Crippen LogP contribution in [0.5, 0.6) is 0 Å². The molecular weight excluding hydrogens is 264 g/mol. The number of hydrogen-bond acceptors (Lipinski definition) is 6. The molecule has 2 N–H and O–H groups in total. The Morgan fingerprint density at radius 3 is 2.71 bits per heavy atom. The highest BCUT2D eigenvalue weighted by atomic mass is 15.4. The summed E-state index contributed by atoms with van der Waals surface area (Å²) in [6.45, 7) is 2.19. The first-order chi connectivity index (χ1) is 10.1. The van der Waals surface area contributed by atoms with Crippen LogP contribution in [-0.4, -0.2) is 35.1 Å². The molecular formula is C15H20N6. The van der Waals surface area contributed by atoms with Crippen LogP contribution in [0.4, 0.5) is 23.5 Å². The van der Waals surface area contributed by atoms with Crippen molar-refractivity contribution in [3.8, 4) is 0 Å². The average Bonchev–Trinajstić information content (AvgIpc) is 2.46. The van der Waals surface area contributed by atoms with Crippen molar-refractivity contribution in [1.82, 2.24) is 15.0 Å². The molecule has 1 aromatic heterocycles. The summed E-state index contributed by atoms with van der Waals surface area (Å²) in [6, 6.07) is 8.71. The molecule has 0 aliphatic carbocycles. The fourth-order valence-corrected chi connectivity index (χ4v) is 2.67. The second-order valence-corrected chi connectivity index (χ2v) is 5.57. The molecule has 0 radical (unpaired) electrons. The zero-order chi connectivity index (χ0) is 15.0. The van der Waals surface area contributed by atoms with Crippen molar-refractivity contribution in [2.45, 2.75) is 25.8 Å². The first-order valence-electron chi connectivity index (χ1n) is 7.12. The van der Waals surface area contributed by atoms with E-state index < -0.39 is 0 Å². The molecule has 110 valence electrons. The molecule has 3 rings (SSSR count). The third kappa shape index (κ3) is 2.49. The third-order valence-corrected chi connectivity index (χ3v) is 3.77. The van der Waals surface area contributed by atoms with Crippen molar-refractivity contribution in [3.63, 3.8) is 0 Å². The second-order valence-electron chi connectivity index (χ2n) is 5.57. The molecule has 6 heteroatoms. The lowest BCUT2D eigenvalue weighted by molar-refractivity contribution is 0.607. The molecule has 6 nitrogen and oxygen atoms in total. The van der Waals surface area contributed by atoms with Gasteiger partial charge in [-0.25, -0.2) is 0 Å². The molecule has 0 saturated heterocycles. The van der Waals surface area contributed by atoms with E-state index in [1.54, 1.807) is 0 Å². The number of aromatic nitrogens is 3. The van der Waals surface area contributed by atoms with Gasteiger partial charge in [0.05, 0.1) is 0 Å². The Morgan fingerprint density at radius 2 is 1.95 bits per heavy atom. The lowest BCUT2D eigenvalue weighted by atomic mass is 9.97. The van der Waals surface area contributed by atoms with E-state index in [0.717, 1.165) is 18.5 Å². The Labute approximate surface area is 124 Å². The fraction of sp³-hybridized carbons (Fsp3) is 0.400. The van der Waals surface area contributed by atoms with Crippen LogP contribution in [0.25, 0.3) is 0 Å². The summed E-state index contributed by atoms with van der Waals surface area (Å²) in [5, 5.41) is 0. The third-order valence-electron chi connectivity index (χ3n) is 3.77. The van der Waals surface area contributed by atoms with Gasteiger partial charge in [0.1, 0.15) is 0 Å². The van der Waals surface area contributed by atoms with Gasteiger partial charge < -0.3 is 15.5 Å². The van der Waals surface area contributed by atoms with Crippen molar-refractivity contribution >= 4 is 23.5 Å². The SMILES string of the molecule is CC1CCc2ccccc2N1c1nc(N)nc(N(C)C)n1. The van der Waals surface area contributed by atoms with E-state index in [1.807, 2.05) is 25.1 Å². The van der Waals surface area contributed by atoms with Gasteiger partial charge in [0.15, 0.2) is 0 Å². The number of rotatable bonds is 2. The first-order valence-corrected chi connectivity index (χ1v) is 7.12. The van der Waals surface area contributed by atoms with Gasteiger partial charge in [0.2, 0.25) is 17.8 Å². The van der Waals surface area contributed by atoms with Crippen molar-refractivity contribution in [2.75, 3.05) is 29.6 Å². The highest BCUT2D eigenvalue weighted by molar-refractivity contribution is 5.65. The number of fused-ring (bicyclic) bond motifs is 1. The molecule has 0 bridgehead atoms. The number of aryl methyl sites for hydroxylation is 1. The topological polar surface area (TPSA) is 71.2 Å². The summed E-state index contributed by atoms with van der Waals surface area (Å²) < 4.78 is 0. The number of anilines is 4. The van der Waals surface area contributed by atoms with E-state index in [1.165, 1.54) is 5.56 Å². The largest absolute Gasteiger partial charge is 0.368 e. The average molecular weight is 284 g/mol. The number of nitrogen functional groups attached to an aromatic ring is 1. The first kappa shape index (κ1) is 13.6. The Bertz CT molecular complexity index is 654. The summed E-state index contributed by atoms with van der Waals surface area (Å²) in [6.07, 6.45) is 2.15. The van der Waals surface area contributed by atoms with Crippen LogP contribution in [0.1, 0.15) is 18.9 Å². The zero-order valence-electron chi connectivity index (χ0n) is 12.6.